The van der Waals surface area contributed by atoms with Gasteiger partial charge in [0.2, 0.25) is 0 Å². The Morgan fingerprint density at radius 1 is 1.43 bits per heavy atom. The fourth-order valence-corrected chi connectivity index (χ4v) is 2.79. The maximum atomic E-state index is 12.6. The minimum Gasteiger partial charge on any atom is -0.462 e. The highest BCUT2D eigenvalue weighted by Crippen LogP contribution is 2.25. The van der Waals surface area contributed by atoms with Crippen LogP contribution >= 0.6 is 0 Å². The zero-order valence-electron chi connectivity index (χ0n) is 13.5. The summed E-state index contributed by atoms with van der Waals surface area (Å²) in [4.78, 5) is 31.0. The average molecular weight is 313 g/mol. The predicted octanol–water partition coefficient (Wildman–Crippen LogP) is 1.88. The zero-order valence-corrected chi connectivity index (χ0v) is 13.5. The van der Waals surface area contributed by atoms with Gasteiger partial charge in [-0.15, -0.1) is 0 Å². The summed E-state index contributed by atoms with van der Waals surface area (Å²) in [5, 5.41) is 0.521. The van der Waals surface area contributed by atoms with E-state index < -0.39 is 5.97 Å². The smallest absolute Gasteiger partial charge is 0.338 e. The monoisotopic (exact) mass is 313 g/mol. The van der Waals surface area contributed by atoms with Gasteiger partial charge in [0, 0.05) is 32.4 Å². The first kappa shape index (κ1) is 15.3. The van der Waals surface area contributed by atoms with E-state index in [-0.39, 0.29) is 5.56 Å². The van der Waals surface area contributed by atoms with Crippen LogP contribution in [0.2, 0.25) is 0 Å². The molecule has 0 atom stereocenters. The maximum Gasteiger partial charge on any atom is 0.338 e. The number of rotatable bonds is 3. The summed E-state index contributed by atoms with van der Waals surface area (Å²) in [6, 6.07) is 4.89. The van der Waals surface area contributed by atoms with Gasteiger partial charge in [0.25, 0.3) is 5.56 Å². The molecule has 1 aliphatic heterocycles. The van der Waals surface area contributed by atoms with Crippen molar-refractivity contribution in [3.8, 4) is 0 Å². The third-order valence-corrected chi connectivity index (χ3v) is 3.77. The van der Waals surface area contributed by atoms with Crippen LogP contribution in [0.3, 0.4) is 0 Å². The van der Waals surface area contributed by atoms with Crippen LogP contribution in [-0.4, -0.2) is 41.1 Å². The number of esters is 1. The van der Waals surface area contributed by atoms with Crippen molar-refractivity contribution in [2.45, 2.75) is 19.9 Å². The van der Waals surface area contributed by atoms with Crippen LogP contribution in [0.4, 0.5) is 0 Å². The molecular formula is C17H19N3O3. The van der Waals surface area contributed by atoms with Crippen LogP contribution in [-0.2, 0) is 11.3 Å². The van der Waals surface area contributed by atoms with Crippen molar-refractivity contribution in [1.82, 2.24) is 14.5 Å². The average Bonchev–Trinajstić information content (AvgIpc) is 2.90. The molecule has 2 heterocycles. The Morgan fingerprint density at radius 3 is 2.91 bits per heavy atom. The highest BCUT2D eigenvalue weighted by atomic mass is 16.5. The summed E-state index contributed by atoms with van der Waals surface area (Å²) in [5.74, 6) is 0.276. The lowest BCUT2D eigenvalue weighted by molar-refractivity contribution is 0.0526. The number of aromatic nitrogens is 2. The van der Waals surface area contributed by atoms with Crippen LogP contribution in [0.5, 0.6) is 0 Å². The first-order valence-electron chi connectivity index (χ1n) is 7.60. The lowest BCUT2D eigenvalue weighted by atomic mass is 10.1. The van der Waals surface area contributed by atoms with Gasteiger partial charge in [-0.1, -0.05) is 0 Å². The minimum absolute atomic E-state index is 0.0671. The first-order chi connectivity index (χ1) is 11.0. The van der Waals surface area contributed by atoms with Gasteiger partial charge in [-0.05, 0) is 31.5 Å². The quantitative estimate of drug-likeness (QED) is 0.810. The highest BCUT2D eigenvalue weighted by Gasteiger charge is 2.21. The zero-order chi connectivity index (χ0) is 16.6. The fourth-order valence-electron chi connectivity index (χ4n) is 2.79. The summed E-state index contributed by atoms with van der Waals surface area (Å²) in [6.45, 7) is 2.71. The van der Waals surface area contributed by atoms with E-state index in [1.54, 1.807) is 29.7 Å². The molecule has 0 unspecified atom stereocenters. The number of ether oxygens (including phenoxy) is 1. The highest BCUT2D eigenvalue weighted by molar-refractivity contribution is 5.94. The van der Waals surface area contributed by atoms with Crippen LogP contribution < -0.4 is 5.56 Å². The second kappa shape index (κ2) is 5.87. The molecule has 0 saturated heterocycles. The third kappa shape index (κ3) is 2.72. The second-order valence-corrected chi connectivity index (χ2v) is 5.71. The molecule has 0 radical (unpaired) electrons. The maximum absolute atomic E-state index is 12.6. The molecule has 0 amide bonds. The molecule has 1 aromatic carbocycles. The van der Waals surface area contributed by atoms with E-state index in [0.29, 0.717) is 35.4 Å². The second-order valence-electron chi connectivity index (χ2n) is 5.71. The van der Waals surface area contributed by atoms with Gasteiger partial charge in [0.05, 0.1) is 23.1 Å². The molecule has 0 saturated carbocycles. The number of carbonyl (C=O) groups excluding carboxylic acids is 1. The van der Waals surface area contributed by atoms with E-state index >= 15 is 0 Å². The van der Waals surface area contributed by atoms with E-state index in [1.165, 1.54) is 0 Å². The summed E-state index contributed by atoms with van der Waals surface area (Å²) >= 11 is 0. The topological polar surface area (TPSA) is 64.4 Å². The van der Waals surface area contributed by atoms with Crippen molar-refractivity contribution < 1.29 is 9.53 Å². The molecule has 6 nitrogen and oxygen atoms in total. The van der Waals surface area contributed by atoms with Gasteiger partial charge in [-0.25, -0.2) is 9.78 Å². The van der Waals surface area contributed by atoms with Crippen molar-refractivity contribution in [2.75, 3.05) is 20.7 Å². The Morgan fingerprint density at radius 2 is 2.22 bits per heavy atom. The van der Waals surface area contributed by atoms with Crippen molar-refractivity contribution >= 4 is 22.4 Å². The van der Waals surface area contributed by atoms with E-state index in [1.807, 2.05) is 25.2 Å². The molecule has 0 bridgehead atoms. The Labute approximate surface area is 134 Å². The lowest BCUT2D eigenvalue weighted by Gasteiger charge is -2.09. The molecule has 1 aliphatic rings. The van der Waals surface area contributed by atoms with Crippen LogP contribution in [0, 0.1) is 0 Å². The number of benzene rings is 1. The van der Waals surface area contributed by atoms with E-state index in [9.17, 15) is 9.59 Å². The van der Waals surface area contributed by atoms with Crippen LogP contribution in [0.15, 0.2) is 29.2 Å². The summed E-state index contributed by atoms with van der Waals surface area (Å²) in [7, 11) is 3.88. The van der Waals surface area contributed by atoms with Gasteiger partial charge in [0.15, 0.2) is 0 Å². The standard InChI is InChI=1S/C17H19N3O3/c1-4-23-17(22)11-5-6-13-14(9-11)18-15-12(10-19(2)3)7-8-20(15)16(13)21/h5-6,9-10H,4,7-8H2,1-3H3/b12-10-. The van der Waals surface area contributed by atoms with Gasteiger partial charge in [0.1, 0.15) is 5.82 Å². The third-order valence-electron chi connectivity index (χ3n) is 3.77. The fraction of sp³-hybridized carbons (Fsp3) is 0.353. The van der Waals surface area contributed by atoms with Gasteiger partial charge in [-0.2, -0.15) is 0 Å². The van der Waals surface area contributed by atoms with Gasteiger partial charge >= 0.3 is 5.97 Å². The largest absolute Gasteiger partial charge is 0.462 e. The molecule has 23 heavy (non-hydrogen) atoms. The SMILES string of the molecule is CCOC(=O)c1ccc2c(=O)n3c(nc2c1)/C(=C\N(C)C)CC3. The Kier molecular flexibility index (Phi) is 3.90. The van der Waals surface area contributed by atoms with E-state index in [0.717, 1.165) is 12.0 Å². The molecule has 2 aromatic rings. The molecule has 0 fully saturated rings. The molecule has 120 valence electrons. The normalized spacial score (nSPS) is 15.0. The summed E-state index contributed by atoms with van der Waals surface area (Å²) < 4.78 is 6.70. The minimum atomic E-state index is -0.402. The van der Waals surface area contributed by atoms with Crippen molar-refractivity contribution in [3.05, 3.63) is 46.1 Å². The molecular weight excluding hydrogens is 294 g/mol. The van der Waals surface area contributed by atoms with Crippen LogP contribution in [0.25, 0.3) is 16.5 Å². The number of carbonyl (C=O) groups is 1. The van der Waals surface area contributed by atoms with Crippen molar-refractivity contribution in [3.63, 3.8) is 0 Å². The van der Waals surface area contributed by atoms with Gasteiger partial charge in [-0.3, -0.25) is 9.36 Å². The van der Waals surface area contributed by atoms with Gasteiger partial charge < -0.3 is 9.64 Å². The van der Waals surface area contributed by atoms with Crippen molar-refractivity contribution in [1.29, 1.82) is 0 Å². The summed E-state index contributed by atoms with van der Waals surface area (Å²) in [6.07, 6.45) is 2.76. The van der Waals surface area contributed by atoms with E-state index in [2.05, 4.69) is 4.98 Å². The number of allylic oxidation sites excluding steroid dienone is 1. The molecule has 0 N–H and O–H groups in total. The Hall–Kier alpha value is -2.63. The molecule has 0 spiro atoms. The Bertz CT molecular complexity index is 865. The van der Waals surface area contributed by atoms with Crippen molar-refractivity contribution in [2.24, 2.45) is 0 Å². The first-order valence-corrected chi connectivity index (χ1v) is 7.60. The van der Waals surface area contributed by atoms with Crippen LogP contribution in [0.1, 0.15) is 29.5 Å². The number of hydrogen-bond donors (Lipinski definition) is 0. The molecule has 6 heteroatoms. The molecule has 3 rings (SSSR count). The number of fused-ring (bicyclic) bond motifs is 2. The molecule has 1 aromatic heterocycles. The number of hydrogen-bond acceptors (Lipinski definition) is 5. The summed E-state index contributed by atoms with van der Waals surface area (Å²) in [5.41, 5.74) is 1.89. The predicted molar refractivity (Wildman–Crippen MR) is 88.2 cm³/mol. The Balaban J connectivity index is 2.17. The number of nitrogens with zero attached hydrogens (tertiary/aromatic N) is 3. The van der Waals surface area contributed by atoms with E-state index in [4.69, 9.17) is 4.74 Å². The molecule has 0 aliphatic carbocycles. The lowest BCUT2D eigenvalue weighted by Crippen LogP contribution is -2.21.